The zero-order chi connectivity index (χ0) is 14.9. The predicted octanol–water partition coefficient (Wildman–Crippen LogP) is 3.53. The molecule has 0 rings (SSSR count). The van der Waals surface area contributed by atoms with Gasteiger partial charge in [-0.2, -0.15) is 0 Å². The topological polar surface area (TPSA) is 71.1 Å². The fraction of sp³-hybridized carbons (Fsp3) is 0.846. The Hall–Kier alpha value is -1.46. The molecule has 0 N–H and O–H groups in total. The van der Waals surface area contributed by atoms with Crippen LogP contribution in [0.1, 0.15) is 46.0 Å². The van der Waals surface area contributed by atoms with Gasteiger partial charge in [-0.25, -0.2) is 9.59 Å². The standard InChI is InChI=1S/C7H14O3.C6H12O3/c1-3-4-5-6-10-7(8)9-2;1-3-4-5-9-6(7)8-2/h3-6H2,1-2H3;3-5H2,1-2H3. The summed E-state index contributed by atoms with van der Waals surface area (Å²) in [6, 6.07) is 0. The molecular formula is C13H26O6. The molecule has 6 nitrogen and oxygen atoms in total. The van der Waals surface area contributed by atoms with Crippen molar-refractivity contribution in [2.45, 2.75) is 46.0 Å². The number of ether oxygens (including phenoxy) is 4. The fourth-order valence-electron chi connectivity index (χ4n) is 0.925. The summed E-state index contributed by atoms with van der Waals surface area (Å²) in [5.41, 5.74) is 0. The molecule has 0 saturated heterocycles. The fourth-order valence-corrected chi connectivity index (χ4v) is 0.925. The first kappa shape index (κ1) is 19.9. The molecule has 0 aromatic rings. The summed E-state index contributed by atoms with van der Waals surface area (Å²) in [4.78, 5) is 20.6. The minimum absolute atomic E-state index is 0.461. The molecule has 114 valence electrons. The van der Waals surface area contributed by atoms with Gasteiger partial charge in [0.15, 0.2) is 0 Å². The van der Waals surface area contributed by atoms with E-state index in [4.69, 9.17) is 0 Å². The van der Waals surface area contributed by atoms with Crippen molar-refractivity contribution in [2.75, 3.05) is 27.4 Å². The molecule has 0 aliphatic rings. The smallest absolute Gasteiger partial charge is 0.438 e. The lowest BCUT2D eigenvalue weighted by molar-refractivity contribution is 0.0706. The number of carbonyl (C=O) groups is 2. The second-order valence-electron chi connectivity index (χ2n) is 3.67. The third kappa shape index (κ3) is 19.1. The van der Waals surface area contributed by atoms with Gasteiger partial charge in [-0.15, -0.1) is 0 Å². The highest BCUT2D eigenvalue weighted by atomic mass is 16.7. The predicted molar refractivity (Wildman–Crippen MR) is 71.1 cm³/mol. The number of methoxy groups -OCH3 is 2. The summed E-state index contributed by atoms with van der Waals surface area (Å²) in [7, 11) is 2.61. The van der Waals surface area contributed by atoms with Crippen LogP contribution >= 0.6 is 0 Å². The van der Waals surface area contributed by atoms with E-state index in [9.17, 15) is 9.59 Å². The molecule has 0 spiro atoms. The van der Waals surface area contributed by atoms with Gasteiger partial charge in [0, 0.05) is 0 Å². The zero-order valence-electron chi connectivity index (χ0n) is 12.4. The molecule has 0 aliphatic heterocycles. The van der Waals surface area contributed by atoms with Crippen molar-refractivity contribution >= 4 is 12.3 Å². The Balaban J connectivity index is 0. The Bertz CT molecular complexity index is 217. The molecule has 0 amide bonds. The lowest BCUT2D eigenvalue weighted by atomic mass is 10.3. The second kappa shape index (κ2) is 16.5. The highest BCUT2D eigenvalue weighted by Gasteiger charge is 1.97. The Labute approximate surface area is 115 Å². The Morgan fingerprint density at radius 3 is 1.53 bits per heavy atom. The Morgan fingerprint density at radius 1 is 0.737 bits per heavy atom. The molecule has 0 saturated carbocycles. The highest BCUT2D eigenvalue weighted by molar-refractivity contribution is 5.59. The van der Waals surface area contributed by atoms with Gasteiger partial charge in [0.2, 0.25) is 0 Å². The van der Waals surface area contributed by atoms with Crippen LogP contribution in [0.4, 0.5) is 9.59 Å². The lowest BCUT2D eigenvalue weighted by Gasteiger charge is -2.00. The molecule has 19 heavy (non-hydrogen) atoms. The highest BCUT2D eigenvalue weighted by Crippen LogP contribution is 1.94. The van der Waals surface area contributed by atoms with Crippen molar-refractivity contribution in [1.82, 2.24) is 0 Å². The normalized spacial score (nSPS) is 8.84. The molecule has 0 aromatic carbocycles. The molecule has 0 bridgehead atoms. The third-order valence-electron chi connectivity index (χ3n) is 2.02. The van der Waals surface area contributed by atoms with Gasteiger partial charge in [-0.3, -0.25) is 0 Å². The molecular weight excluding hydrogens is 252 g/mol. The van der Waals surface area contributed by atoms with E-state index in [1.54, 1.807) is 0 Å². The first-order valence-electron chi connectivity index (χ1n) is 6.53. The van der Waals surface area contributed by atoms with E-state index in [0.29, 0.717) is 13.2 Å². The molecule has 0 unspecified atom stereocenters. The van der Waals surface area contributed by atoms with Crippen molar-refractivity contribution < 1.29 is 28.5 Å². The van der Waals surface area contributed by atoms with Gasteiger partial charge in [0.25, 0.3) is 0 Å². The largest absolute Gasteiger partial charge is 0.507 e. The molecule has 0 fully saturated rings. The summed E-state index contributed by atoms with van der Waals surface area (Å²) in [6.07, 6.45) is 3.89. The summed E-state index contributed by atoms with van der Waals surface area (Å²) >= 11 is 0. The molecule has 0 atom stereocenters. The van der Waals surface area contributed by atoms with E-state index in [2.05, 4.69) is 25.9 Å². The molecule has 0 aliphatic carbocycles. The maximum absolute atomic E-state index is 10.3. The summed E-state index contributed by atoms with van der Waals surface area (Å²) < 4.78 is 17.7. The van der Waals surface area contributed by atoms with Crippen molar-refractivity contribution in [1.29, 1.82) is 0 Å². The lowest BCUT2D eigenvalue weighted by Crippen LogP contribution is -2.04. The Kier molecular flexibility index (Phi) is 17.3. The van der Waals surface area contributed by atoms with E-state index in [-0.39, 0.29) is 0 Å². The van der Waals surface area contributed by atoms with E-state index in [1.807, 2.05) is 6.92 Å². The minimum Gasteiger partial charge on any atom is -0.438 e. The first-order valence-corrected chi connectivity index (χ1v) is 6.53. The van der Waals surface area contributed by atoms with Crippen LogP contribution in [0.15, 0.2) is 0 Å². The number of hydrogen-bond acceptors (Lipinski definition) is 6. The van der Waals surface area contributed by atoms with E-state index in [1.165, 1.54) is 14.2 Å². The maximum atomic E-state index is 10.3. The van der Waals surface area contributed by atoms with Gasteiger partial charge in [-0.05, 0) is 12.8 Å². The maximum Gasteiger partial charge on any atom is 0.507 e. The average Bonchev–Trinajstić information content (AvgIpc) is 2.44. The number of carbonyl (C=O) groups excluding carboxylic acids is 2. The molecule has 0 heterocycles. The number of unbranched alkanes of at least 4 members (excludes halogenated alkanes) is 3. The summed E-state index contributed by atoms with van der Waals surface area (Å²) in [5.74, 6) is 0. The first-order chi connectivity index (χ1) is 9.12. The van der Waals surface area contributed by atoms with Crippen LogP contribution in [0, 0.1) is 0 Å². The van der Waals surface area contributed by atoms with E-state index < -0.39 is 12.3 Å². The Morgan fingerprint density at radius 2 is 1.16 bits per heavy atom. The van der Waals surface area contributed by atoms with Crippen LogP contribution in [-0.2, 0) is 18.9 Å². The number of hydrogen-bond donors (Lipinski definition) is 0. The third-order valence-corrected chi connectivity index (χ3v) is 2.02. The van der Waals surface area contributed by atoms with Crippen LogP contribution in [0.3, 0.4) is 0 Å². The van der Waals surface area contributed by atoms with Crippen LogP contribution in [0.5, 0.6) is 0 Å². The summed E-state index contributed by atoms with van der Waals surface area (Å²) in [5, 5.41) is 0. The van der Waals surface area contributed by atoms with Gasteiger partial charge in [0.05, 0.1) is 27.4 Å². The van der Waals surface area contributed by atoms with Crippen molar-refractivity contribution in [2.24, 2.45) is 0 Å². The second-order valence-corrected chi connectivity index (χ2v) is 3.67. The molecule has 0 aromatic heterocycles. The molecule has 0 radical (unpaired) electrons. The monoisotopic (exact) mass is 278 g/mol. The minimum atomic E-state index is -0.594. The van der Waals surface area contributed by atoms with Crippen molar-refractivity contribution in [3.05, 3.63) is 0 Å². The number of rotatable bonds is 7. The van der Waals surface area contributed by atoms with Crippen LogP contribution < -0.4 is 0 Å². The van der Waals surface area contributed by atoms with Crippen molar-refractivity contribution in [3.8, 4) is 0 Å². The van der Waals surface area contributed by atoms with Gasteiger partial charge in [-0.1, -0.05) is 33.1 Å². The van der Waals surface area contributed by atoms with Crippen LogP contribution in [0.25, 0.3) is 0 Å². The van der Waals surface area contributed by atoms with Crippen molar-refractivity contribution in [3.63, 3.8) is 0 Å². The van der Waals surface area contributed by atoms with Gasteiger partial charge in [0.1, 0.15) is 0 Å². The van der Waals surface area contributed by atoms with Gasteiger partial charge < -0.3 is 18.9 Å². The van der Waals surface area contributed by atoms with Crippen LogP contribution in [-0.4, -0.2) is 39.7 Å². The van der Waals surface area contributed by atoms with E-state index >= 15 is 0 Å². The van der Waals surface area contributed by atoms with E-state index in [0.717, 1.165) is 32.1 Å². The molecule has 6 heteroatoms. The average molecular weight is 278 g/mol. The van der Waals surface area contributed by atoms with Crippen LogP contribution in [0.2, 0.25) is 0 Å². The van der Waals surface area contributed by atoms with Gasteiger partial charge >= 0.3 is 12.3 Å². The summed E-state index contributed by atoms with van der Waals surface area (Å²) in [6.45, 7) is 5.06. The quantitative estimate of drug-likeness (QED) is 0.524. The zero-order valence-corrected chi connectivity index (χ0v) is 12.4. The SMILES string of the molecule is CCCCCOC(=O)OC.CCCCOC(=O)OC.